The van der Waals surface area contributed by atoms with Gasteiger partial charge in [-0.2, -0.15) is 0 Å². The van der Waals surface area contributed by atoms with Gasteiger partial charge in [0, 0.05) is 5.69 Å². The van der Waals surface area contributed by atoms with Gasteiger partial charge >= 0.3 is 0 Å². The molecular formula is C23H35N3OS+2. The number of amides is 1. The van der Waals surface area contributed by atoms with Crippen molar-refractivity contribution in [1.82, 2.24) is 0 Å². The number of carbonyl (C=O) groups excluding carboxylic acids is 1. The van der Waals surface area contributed by atoms with E-state index in [9.17, 15) is 4.79 Å². The predicted octanol–water partition coefficient (Wildman–Crippen LogP) is 1.92. The Morgan fingerprint density at radius 1 is 0.964 bits per heavy atom. The van der Waals surface area contributed by atoms with Gasteiger partial charge in [0.1, 0.15) is 32.7 Å². The van der Waals surface area contributed by atoms with Crippen LogP contribution in [0.2, 0.25) is 0 Å². The highest BCUT2D eigenvalue weighted by Crippen LogP contribution is 2.32. The fourth-order valence-corrected chi connectivity index (χ4v) is 4.85. The molecule has 28 heavy (non-hydrogen) atoms. The largest absolute Gasteiger partial charge is 0.321 e. The van der Waals surface area contributed by atoms with Gasteiger partial charge in [-0.15, -0.1) is 11.3 Å². The molecule has 1 aromatic carbocycles. The Morgan fingerprint density at radius 2 is 1.57 bits per heavy atom. The molecule has 0 unspecified atom stereocenters. The Labute approximate surface area is 173 Å². The molecule has 152 valence electrons. The summed E-state index contributed by atoms with van der Waals surface area (Å²) in [5.74, 6) is 0.934. The average Bonchev–Trinajstić information content (AvgIpc) is 3.16. The average molecular weight is 402 g/mol. The van der Waals surface area contributed by atoms with Crippen molar-refractivity contribution in [3.8, 4) is 0 Å². The third-order valence-corrected chi connectivity index (χ3v) is 6.59. The lowest BCUT2D eigenvalue weighted by Crippen LogP contribution is -3.28. The number of benzene rings is 1. The zero-order valence-corrected chi connectivity index (χ0v) is 18.5. The predicted molar refractivity (Wildman–Crippen MR) is 118 cm³/mol. The fraction of sp³-hybridized carbons (Fsp3) is 0.522. The van der Waals surface area contributed by atoms with E-state index < -0.39 is 0 Å². The summed E-state index contributed by atoms with van der Waals surface area (Å²) in [5.41, 5.74) is 3.51. The molecule has 1 saturated heterocycles. The maximum atomic E-state index is 12.8. The van der Waals surface area contributed by atoms with E-state index >= 15 is 0 Å². The lowest BCUT2D eigenvalue weighted by Gasteiger charge is -2.29. The van der Waals surface area contributed by atoms with Gasteiger partial charge in [-0.05, 0) is 34.4 Å². The zero-order valence-electron chi connectivity index (χ0n) is 17.7. The van der Waals surface area contributed by atoms with Crippen LogP contribution < -0.4 is 15.1 Å². The third-order valence-electron chi connectivity index (χ3n) is 5.72. The Bertz CT molecular complexity index is 736. The molecule has 1 amide bonds. The summed E-state index contributed by atoms with van der Waals surface area (Å²) < 4.78 is 0. The van der Waals surface area contributed by atoms with Crippen molar-refractivity contribution in [2.75, 3.05) is 38.0 Å². The van der Waals surface area contributed by atoms with Crippen LogP contribution in [0.15, 0.2) is 35.7 Å². The van der Waals surface area contributed by atoms with E-state index in [0.29, 0.717) is 18.4 Å². The zero-order chi connectivity index (χ0) is 20.1. The molecule has 0 aliphatic carbocycles. The molecule has 1 aliphatic heterocycles. The monoisotopic (exact) mass is 401 g/mol. The maximum absolute atomic E-state index is 12.8. The second-order valence-electron chi connectivity index (χ2n) is 8.60. The van der Waals surface area contributed by atoms with Gasteiger partial charge in [-0.3, -0.25) is 4.79 Å². The second-order valence-corrected chi connectivity index (χ2v) is 9.63. The van der Waals surface area contributed by atoms with Gasteiger partial charge in [0.05, 0.1) is 4.88 Å². The molecule has 0 saturated carbocycles. The number of nitrogens with one attached hydrogen (secondary N) is 3. The molecule has 0 radical (unpaired) electrons. The van der Waals surface area contributed by atoms with Crippen molar-refractivity contribution < 1.29 is 14.6 Å². The topological polar surface area (TPSA) is 38.0 Å². The first kappa shape index (κ1) is 21.0. The highest BCUT2D eigenvalue weighted by molar-refractivity contribution is 7.09. The van der Waals surface area contributed by atoms with Gasteiger partial charge in [0.25, 0.3) is 5.91 Å². The Morgan fingerprint density at radius 3 is 2.11 bits per heavy atom. The van der Waals surface area contributed by atoms with Gasteiger partial charge in [-0.25, -0.2) is 0 Å². The Hall–Kier alpha value is -1.69. The highest BCUT2D eigenvalue weighted by Gasteiger charge is 2.26. The molecule has 2 heterocycles. The number of quaternary nitrogens is 2. The van der Waals surface area contributed by atoms with Crippen molar-refractivity contribution >= 4 is 22.9 Å². The fourth-order valence-electron chi connectivity index (χ4n) is 4.08. The summed E-state index contributed by atoms with van der Waals surface area (Å²) in [6, 6.07) is 10.8. The van der Waals surface area contributed by atoms with E-state index in [2.05, 4.69) is 68.7 Å². The van der Waals surface area contributed by atoms with Crippen LogP contribution in [0, 0.1) is 0 Å². The molecule has 2 aromatic rings. The first-order valence-corrected chi connectivity index (χ1v) is 11.4. The van der Waals surface area contributed by atoms with Crippen LogP contribution in [0.5, 0.6) is 0 Å². The van der Waals surface area contributed by atoms with Crippen LogP contribution in [0.25, 0.3) is 0 Å². The van der Waals surface area contributed by atoms with E-state index in [1.165, 1.54) is 20.9 Å². The van der Waals surface area contributed by atoms with Gasteiger partial charge in [0.15, 0.2) is 6.54 Å². The van der Waals surface area contributed by atoms with Crippen molar-refractivity contribution in [3.05, 3.63) is 51.7 Å². The summed E-state index contributed by atoms with van der Waals surface area (Å²) in [5, 5.41) is 5.43. The minimum atomic E-state index is 0.145. The minimum absolute atomic E-state index is 0.145. The third kappa shape index (κ3) is 5.43. The minimum Gasteiger partial charge on any atom is -0.321 e. The Balaban J connectivity index is 1.56. The molecule has 0 bridgehead atoms. The summed E-state index contributed by atoms with van der Waals surface area (Å²) >= 11 is 1.84. The van der Waals surface area contributed by atoms with Crippen molar-refractivity contribution in [2.45, 2.75) is 46.1 Å². The van der Waals surface area contributed by atoms with Crippen LogP contribution in [-0.2, 0) is 11.3 Å². The summed E-state index contributed by atoms with van der Waals surface area (Å²) in [4.78, 5) is 17.3. The molecule has 1 aromatic heterocycles. The van der Waals surface area contributed by atoms with Crippen LogP contribution in [0.4, 0.5) is 5.69 Å². The van der Waals surface area contributed by atoms with Crippen LogP contribution in [0.3, 0.4) is 0 Å². The number of piperazine rings is 1. The number of rotatable bonds is 7. The number of hydrogen-bond donors (Lipinski definition) is 3. The molecule has 1 fully saturated rings. The molecule has 5 heteroatoms. The van der Waals surface area contributed by atoms with Gasteiger partial charge < -0.3 is 15.1 Å². The molecule has 3 N–H and O–H groups in total. The highest BCUT2D eigenvalue weighted by atomic mass is 32.1. The molecule has 4 nitrogen and oxygen atoms in total. The lowest BCUT2D eigenvalue weighted by molar-refractivity contribution is -1.01. The van der Waals surface area contributed by atoms with Gasteiger partial charge in [-0.1, -0.05) is 52.0 Å². The maximum Gasteiger partial charge on any atom is 0.279 e. The quantitative estimate of drug-likeness (QED) is 0.652. The van der Waals surface area contributed by atoms with Crippen molar-refractivity contribution in [2.24, 2.45) is 0 Å². The van der Waals surface area contributed by atoms with Crippen LogP contribution >= 0.6 is 11.3 Å². The smallest absolute Gasteiger partial charge is 0.279 e. The first-order valence-electron chi connectivity index (χ1n) is 10.6. The SMILES string of the molecule is CC(C)c1cccc(C(C)C)c1NC(=O)C[NH+]1CC[NH+](Cc2cccs2)CC1. The molecule has 0 atom stereocenters. The first-order chi connectivity index (χ1) is 13.4. The van der Waals surface area contributed by atoms with Crippen LogP contribution in [-0.4, -0.2) is 38.6 Å². The Kier molecular flexibility index (Phi) is 7.27. The second kappa shape index (κ2) is 9.68. The summed E-state index contributed by atoms with van der Waals surface area (Å²) in [7, 11) is 0. The van der Waals surface area contributed by atoms with Gasteiger partial charge in [0.2, 0.25) is 0 Å². The normalized spacial score (nSPS) is 19.9. The number of hydrogen-bond acceptors (Lipinski definition) is 2. The summed E-state index contributed by atoms with van der Waals surface area (Å²) in [6.07, 6.45) is 0. The number of para-hydroxylation sites is 1. The number of carbonyl (C=O) groups is 1. The number of thiophene rings is 1. The molecule has 0 spiro atoms. The summed E-state index contributed by atoms with van der Waals surface area (Å²) in [6.45, 7) is 14.9. The van der Waals surface area contributed by atoms with E-state index in [1.54, 1.807) is 4.90 Å². The molecule has 1 aliphatic rings. The van der Waals surface area contributed by atoms with Crippen molar-refractivity contribution in [3.63, 3.8) is 0 Å². The lowest BCUT2D eigenvalue weighted by atomic mass is 9.92. The standard InChI is InChI=1S/C23H33N3OS/c1-17(2)20-8-5-9-21(18(3)4)23(20)24-22(27)16-26-12-10-25(11-13-26)15-19-7-6-14-28-19/h5-9,14,17-18H,10-13,15-16H2,1-4H3,(H,24,27)/p+2. The van der Waals surface area contributed by atoms with E-state index in [0.717, 1.165) is 38.4 Å². The number of anilines is 1. The molecular weight excluding hydrogens is 366 g/mol. The van der Waals surface area contributed by atoms with Crippen molar-refractivity contribution in [1.29, 1.82) is 0 Å². The van der Waals surface area contributed by atoms with E-state index in [1.807, 2.05) is 11.3 Å². The van der Waals surface area contributed by atoms with Crippen LogP contribution in [0.1, 0.15) is 55.5 Å². The van der Waals surface area contributed by atoms with E-state index in [4.69, 9.17) is 0 Å². The molecule has 3 rings (SSSR count). The van der Waals surface area contributed by atoms with E-state index in [-0.39, 0.29) is 5.91 Å².